The van der Waals surface area contributed by atoms with Gasteiger partial charge in [-0.25, -0.2) is 8.78 Å². The Morgan fingerprint density at radius 3 is 2.13 bits per heavy atom. The third kappa shape index (κ3) is 5.69. The van der Waals surface area contributed by atoms with Crippen LogP contribution in [0.1, 0.15) is 35.6 Å². The summed E-state index contributed by atoms with van der Waals surface area (Å²) in [4.78, 5) is 2.34. The molecule has 3 nitrogen and oxygen atoms in total. The second-order valence-corrected chi connectivity index (χ2v) is 8.19. The van der Waals surface area contributed by atoms with Gasteiger partial charge in [0.25, 0.3) is 0 Å². The van der Waals surface area contributed by atoms with Crippen LogP contribution in [0, 0.1) is 17.6 Å². The summed E-state index contributed by atoms with van der Waals surface area (Å²) in [6, 6.07) is 20.0. The average molecular weight is 424 g/mol. The zero-order chi connectivity index (χ0) is 21.6. The van der Waals surface area contributed by atoms with Crippen molar-refractivity contribution in [3.8, 4) is 5.75 Å². The Bertz CT molecular complexity index is 930. The molecular formula is C26H27F2NO2. The summed E-state index contributed by atoms with van der Waals surface area (Å²) in [5.41, 5.74) is 2.62. The summed E-state index contributed by atoms with van der Waals surface area (Å²) >= 11 is 0. The molecule has 162 valence electrons. The highest BCUT2D eigenvalue weighted by Gasteiger charge is 2.23. The maximum Gasteiger partial charge on any atom is 0.123 e. The first-order chi connectivity index (χ1) is 15.1. The van der Waals surface area contributed by atoms with Crippen LogP contribution in [0.3, 0.4) is 0 Å². The van der Waals surface area contributed by atoms with Crippen LogP contribution in [-0.4, -0.2) is 29.7 Å². The second kappa shape index (κ2) is 10.0. The molecule has 3 aromatic carbocycles. The fraction of sp³-hybridized carbons (Fsp3) is 0.308. The van der Waals surface area contributed by atoms with Gasteiger partial charge in [0.2, 0.25) is 0 Å². The number of piperidine rings is 1. The normalized spacial score (nSPS) is 17.2. The van der Waals surface area contributed by atoms with Gasteiger partial charge in [-0.05, 0) is 66.8 Å². The van der Waals surface area contributed by atoms with Gasteiger partial charge in [0, 0.05) is 18.7 Å². The first-order valence-corrected chi connectivity index (χ1v) is 10.7. The topological polar surface area (TPSA) is 32.7 Å². The summed E-state index contributed by atoms with van der Waals surface area (Å²) in [6.07, 6.45) is 1.76. The van der Waals surface area contributed by atoms with Crippen LogP contribution in [0.25, 0.3) is 0 Å². The number of para-hydroxylation sites is 1. The molecule has 1 heterocycles. The lowest BCUT2D eigenvalue weighted by Gasteiger charge is -2.33. The van der Waals surface area contributed by atoms with E-state index < -0.39 is 0 Å². The number of phenolic OH excluding ortho intramolecular Hbond substituents is 1. The van der Waals surface area contributed by atoms with E-state index in [0.717, 1.165) is 42.6 Å². The van der Waals surface area contributed by atoms with Crippen LogP contribution in [0.15, 0.2) is 72.8 Å². The van der Waals surface area contributed by atoms with E-state index in [9.17, 15) is 13.9 Å². The summed E-state index contributed by atoms with van der Waals surface area (Å²) in [5, 5.41) is 10.1. The second-order valence-electron chi connectivity index (χ2n) is 8.19. The zero-order valence-corrected chi connectivity index (χ0v) is 17.4. The number of ether oxygens (including phenoxy) is 1. The lowest BCUT2D eigenvalue weighted by molar-refractivity contribution is 0.0248. The Labute approximate surface area is 181 Å². The fourth-order valence-corrected chi connectivity index (χ4v) is 4.21. The van der Waals surface area contributed by atoms with Gasteiger partial charge in [-0.2, -0.15) is 0 Å². The molecule has 4 rings (SSSR count). The quantitative estimate of drug-likeness (QED) is 0.530. The highest BCUT2D eigenvalue weighted by atomic mass is 19.1. The highest BCUT2D eigenvalue weighted by molar-refractivity contribution is 5.32. The Morgan fingerprint density at radius 1 is 0.903 bits per heavy atom. The van der Waals surface area contributed by atoms with Crippen LogP contribution in [0.2, 0.25) is 0 Å². The van der Waals surface area contributed by atoms with Crippen molar-refractivity contribution in [3.05, 3.63) is 101 Å². The third-order valence-corrected chi connectivity index (χ3v) is 5.83. The standard InChI is InChI=1S/C26H27F2NO2/c27-23-11-7-20(8-12-23)26(21-9-13-24(28)14-10-21)31-18-19-4-3-15-29(16-19)17-22-5-1-2-6-25(22)30/h1-2,5-14,19,26,30H,3-4,15-18H2. The number of benzene rings is 3. The Kier molecular flexibility index (Phi) is 6.95. The van der Waals surface area contributed by atoms with E-state index in [0.29, 0.717) is 24.8 Å². The molecule has 1 fully saturated rings. The average Bonchev–Trinajstić information content (AvgIpc) is 2.78. The summed E-state index contributed by atoms with van der Waals surface area (Å²) in [6.45, 7) is 3.14. The molecule has 0 spiro atoms. The van der Waals surface area contributed by atoms with Crippen LogP contribution < -0.4 is 0 Å². The van der Waals surface area contributed by atoms with E-state index in [1.807, 2.05) is 18.2 Å². The van der Waals surface area contributed by atoms with Gasteiger partial charge in [-0.3, -0.25) is 4.90 Å². The third-order valence-electron chi connectivity index (χ3n) is 5.83. The van der Waals surface area contributed by atoms with E-state index in [-0.39, 0.29) is 17.7 Å². The van der Waals surface area contributed by atoms with Crippen LogP contribution in [-0.2, 0) is 11.3 Å². The lowest BCUT2D eigenvalue weighted by atomic mass is 9.97. The number of hydrogen-bond acceptors (Lipinski definition) is 3. The van der Waals surface area contributed by atoms with E-state index in [2.05, 4.69) is 4.90 Å². The number of halogens is 2. The van der Waals surface area contributed by atoms with Crippen molar-refractivity contribution in [2.45, 2.75) is 25.5 Å². The number of phenols is 1. The van der Waals surface area contributed by atoms with Gasteiger partial charge in [0.05, 0.1) is 6.61 Å². The van der Waals surface area contributed by atoms with Gasteiger partial charge < -0.3 is 9.84 Å². The molecular weight excluding hydrogens is 396 g/mol. The van der Waals surface area contributed by atoms with Gasteiger partial charge >= 0.3 is 0 Å². The van der Waals surface area contributed by atoms with Crippen LogP contribution in [0.5, 0.6) is 5.75 Å². The van der Waals surface area contributed by atoms with E-state index in [1.54, 1.807) is 30.3 Å². The first-order valence-electron chi connectivity index (χ1n) is 10.7. The fourth-order valence-electron chi connectivity index (χ4n) is 4.21. The molecule has 5 heteroatoms. The highest BCUT2D eigenvalue weighted by Crippen LogP contribution is 2.29. The molecule has 1 N–H and O–H groups in total. The summed E-state index contributed by atoms with van der Waals surface area (Å²) < 4.78 is 33.2. The van der Waals surface area contributed by atoms with Crippen molar-refractivity contribution in [2.75, 3.05) is 19.7 Å². The molecule has 1 aliphatic heterocycles. The van der Waals surface area contributed by atoms with Crippen molar-refractivity contribution >= 4 is 0 Å². The van der Waals surface area contributed by atoms with Crippen LogP contribution in [0.4, 0.5) is 8.78 Å². The monoisotopic (exact) mass is 423 g/mol. The largest absolute Gasteiger partial charge is 0.508 e. The smallest absolute Gasteiger partial charge is 0.123 e. The first kappa shape index (κ1) is 21.5. The summed E-state index contributed by atoms with van der Waals surface area (Å²) in [5.74, 6) is 0.0824. The predicted octanol–water partition coefficient (Wildman–Crippen LogP) is 5.69. The molecule has 0 aliphatic carbocycles. The Morgan fingerprint density at radius 2 is 1.52 bits per heavy atom. The van der Waals surface area contributed by atoms with E-state index in [4.69, 9.17) is 4.74 Å². The minimum Gasteiger partial charge on any atom is -0.508 e. The molecule has 31 heavy (non-hydrogen) atoms. The van der Waals surface area contributed by atoms with Gasteiger partial charge in [-0.15, -0.1) is 0 Å². The predicted molar refractivity (Wildman–Crippen MR) is 117 cm³/mol. The van der Waals surface area contributed by atoms with Gasteiger partial charge in [0.1, 0.15) is 23.5 Å². The summed E-state index contributed by atoms with van der Waals surface area (Å²) in [7, 11) is 0. The maximum absolute atomic E-state index is 13.4. The minimum absolute atomic E-state index is 0.298. The zero-order valence-electron chi connectivity index (χ0n) is 17.4. The number of rotatable bonds is 7. The van der Waals surface area contributed by atoms with Crippen molar-refractivity contribution in [2.24, 2.45) is 5.92 Å². The molecule has 0 saturated carbocycles. The van der Waals surface area contributed by atoms with E-state index in [1.165, 1.54) is 24.3 Å². The van der Waals surface area contributed by atoms with Crippen molar-refractivity contribution < 1.29 is 18.6 Å². The lowest BCUT2D eigenvalue weighted by Crippen LogP contribution is -2.37. The molecule has 1 unspecified atom stereocenters. The number of likely N-dealkylation sites (tertiary alicyclic amines) is 1. The molecule has 1 atom stereocenters. The van der Waals surface area contributed by atoms with E-state index >= 15 is 0 Å². The molecule has 1 aliphatic rings. The number of hydrogen-bond donors (Lipinski definition) is 1. The van der Waals surface area contributed by atoms with Gasteiger partial charge in [-0.1, -0.05) is 42.5 Å². The molecule has 0 amide bonds. The SMILES string of the molecule is Oc1ccccc1CN1CCCC(COC(c2ccc(F)cc2)c2ccc(F)cc2)C1. The number of aromatic hydroxyl groups is 1. The Balaban J connectivity index is 1.43. The minimum atomic E-state index is -0.380. The van der Waals surface area contributed by atoms with Crippen LogP contribution >= 0.6 is 0 Å². The van der Waals surface area contributed by atoms with Crippen molar-refractivity contribution in [1.29, 1.82) is 0 Å². The molecule has 0 aromatic heterocycles. The van der Waals surface area contributed by atoms with Gasteiger partial charge in [0.15, 0.2) is 0 Å². The van der Waals surface area contributed by atoms with Crippen molar-refractivity contribution in [3.63, 3.8) is 0 Å². The number of nitrogens with zero attached hydrogens (tertiary/aromatic N) is 1. The maximum atomic E-state index is 13.4. The Hall–Kier alpha value is -2.76. The molecule has 0 bridgehead atoms. The molecule has 0 radical (unpaired) electrons. The molecule has 3 aromatic rings. The van der Waals surface area contributed by atoms with Crippen molar-refractivity contribution in [1.82, 2.24) is 4.90 Å². The molecule has 1 saturated heterocycles.